The van der Waals surface area contributed by atoms with Crippen molar-refractivity contribution in [1.29, 1.82) is 0 Å². The van der Waals surface area contributed by atoms with E-state index in [1.54, 1.807) is 31.5 Å². The molecule has 0 aliphatic rings. The molecule has 0 spiro atoms. The smallest absolute Gasteiger partial charge is 0.272 e. The first-order valence-corrected chi connectivity index (χ1v) is 8.89. The van der Waals surface area contributed by atoms with Crippen LogP contribution < -0.4 is 16.4 Å². The van der Waals surface area contributed by atoms with E-state index in [-0.39, 0.29) is 10.7 Å². The molecule has 9 nitrogen and oxygen atoms in total. The van der Waals surface area contributed by atoms with Gasteiger partial charge in [-0.1, -0.05) is 11.6 Å². The largest absolute Gasteiger partial charge is 0.365 e. The van der Waals surface area contributed by atoms with Crippen LogP contribution in [0.5, 0.6) is 0 Å². The molecule has 0 aliphatic heterocycles. The molecule has 0 aromatic carbocycles. The maximum Gasteiger partial charge on any atom is 0.272 e. The Kier molecular flexibility index (Phi) is 5.57. The third-order valence-corrected chi connectivity index (χ3v) is 4.98. The van der Waals surface area contributed by atoms with Crippen LogP contribution in [-0.4, -0.2) is 31.8 Å². The Morgan fingerprint density at radius 2 is 1.96 bits per heavy atom. The zero-order valence-electron chi connectivity index (χ0n) is 14.0. The highest BCUT2D eigenvalue weighted by molar-refractivity contribution is 7.13. The van der Waals surface area contributed by atoms with E-state index < -0.39 is 17.9 Å². The summed E-state index contributed by atoms with van der Waals surface area (Å²) in [5, 5.41) is 6.36. The molecule has 11 heteroatoms. The molecule has 0 saturated heterocycles. The van der Waals surface area contributed by atoms with Crippen LogP contribution in [0.3, 0.4) is 0 Å². The summed E-state index contributed by atoms with van der Waals surface area (Å²) in [6.45, 7) is 1.73. The summed E-state index contributed by atoms with van der Waals surface area (Å²) in [6, 6.07) is 3.01. The molecule has 1 atom stereocenters. The lowest BCUT2D eigenvalue weighted by atomic mass is 10.3. The number of nitrogens with zero attached hydrogens (tertiary/aromatic N) is 4. The first-order chi connectivity index (χ1) is 13.0. The molecule has 0 fully saturated rings. The van der Waals surface area contributed by atoms with Gasteiger partial charge in [0.15, 0.2) is 11.5 Å². The average Bonchev–Trinajstić information content (AvgIpc) is 3.15. The van der Waals surface area contributed by atoms with Crippen LogP contribution in [0, 0.1) is 0 Å². The Labute approximate surface area is 163 Å². The van der Waals surface area contributed by atoms with Crippen LogP contribution in [0.25, 0.3) is 0 Å². The first-order valence-electron chi connectivity index (χ1n) is 7.69. The Morgan fingerprint density at radius 3 is 2.63 bits per heavy atom. The average molecular weight is 404 g/mol. The third kappa shape index (κ3) is 4.36. The second-order valence-corrected chi connectivity index (χ2v) is 6.81. The number of aromatic nitrogens is 4. The number of carbonyl (C=O) groups excluding carboxylic acids is 2. The summed E-state index contributed by atoms with van der Waals surface area (Å²) in [6.07, 6.45) is 5.84. The van der Waals surface area contributed by atoms with Crippen molar-refractivity contribution in [2.75, 3.05) is 5.32 Å². The number of hydrogen-bond donors (Lipinski definition) is 3. The number of pyridine rings is 1. The quantitative estimate of drug-likeness (QED) is 0.574. The van der Waals surface area contributed by atoms with E-state index in [1.165, 1.54) is 12.5 Å². The number of halogens is 1. The van der Waals surface area contributed by atoms with Gasteiger partial charge in [0.25, 0.3) is 11.8 Å². The highest BCUT2D eigenvalue weighted by Crippen LogP contribution is 2.26. The third-order valence-electron chi connectivity index (χ3n) is 3.43. The lowest BCUT2D eigenvalue weighted by molar-refractivity contribution is 0.0934. The molecular weight excluding hydrogens is 390 g/mol. The van der Waals surface area contributed by atoms with Crippen molar-refractivity contribution in [2.45, 2.75) is 13.0 Å². The summed E-state index contributed by atoms with van der Waals surface area (Å²) in [7, 11) is 0. The zero-order chi connectivity index (χ0) is 19.4. The zero-order valence-corrected chi connectivity index (χ0v) is 15.6. The molecule has 1 unspecified atom stereocenters. The lowest BCUT2D eigenvalue weighted by Gasteiger charge is -2.13. The van der Waals surface area contributed by atoms with Crippen LogP contribution in [-0.2, 0) is 0 Å². The van der Waals surface area contributed by atoms with Gasteiger partial charge in [-0.25, -0.2) is 15.0 Å². The Hall–Kier alpha value is -3.11. The van der Waals surface area contributed by atoms with E-state index in [2.05, 4.69) is 30.6 Å². The van der Waals surface area contributed by atoms with E-state index in [4.69, 9.17) is 17.3 Å². The van der Waals surface area contributed by atoms with Gasteiger partial charge in [-0.05, 0) is 19.1 Å². The number of rotatable bonds is 6. The van der Waals surface area contributed by atoms with Crippen LogP contribution in [0.15, 0.2) is 37.1 Å². The van der Waals surface area contributed by atoms with E-state index in [9.17, 15) is 9.59 Å². The minimum atomic E-state index is -0.567. The van der Waals surface area contributed by atoms with Crippen LogP contribution in [0.1, 0.15) is 38.1 Å². The van der Waals surface area contributed by atoms with Gasteiger partial charge in [-0.2, -0.15) is 0 Å². The lowest BCUT2D eigenvalue weighted by Crippen LogP contribution is -2.28. The van der Waals surface area contributed by atoms with Gasteiger partial charge in [-0.15, -0.1) is 11.3 Å². The van der Waals surface area contributed by atoms with Crippen LogP contribution in [0.2, 0.25) is 5.02 Å². The molecule has 0 aliphatic carbocycles. The van der Waals surface area contributed by atoms with Crippen LogP contribution in [0.4, 0.5) is 11.5 Å². The fourth-order valence-electron chi connectivity index (χ4n) is 2.12. The van der Waals surface area contributed by atoms with Gasteiger partial charge in [0, 0.05) is 18.1 Å². The van der Waals surface area contributed by atoms with Gasteiger partial charge < -0.3 is 16.4 Å². The van der Waals surface area contributed by atoms with Gasteiger partial charge in [-0.3, -0.25) is 14.6 Å². The monoisotopic (exact) mass is 403 g/mol. The van der Waals surface area contributed by atoms with Crippen molar-refractivity contribution in [3.05, 3.63) is 57.7 Å². The van der Waals surface area contributed by atoms with Crippen molar-refractivity contribution >= 4 is 46.3 Å². The molecule has 138 valence electrons. The highest BCUT2D eigenvalue weighted by atomic mass is 35.5. The van der Waals surface area contributed by atoms with Crippen molar-refractivity contribution in [3.63, 3.8) is 0 Å². The Morgan fingerprint density at radius 1 is 1.22 bits per heavy atom. The molecule has 2 amide bonds. The molecule has 3 aromatic heterocycles. The second kappa shape index (κ2) is 8.06. The maximum absolute atomic E-state index is 12.6. The van der Waals surface area contributed by atoms with E-state index >= 15 is 0 Å². The summed E-state index contributed by atoms with van der Waals surface area (Å²) in [5.41, 5.74) is 5.95. The van der Waals surface area contributed by atoms with Gasteiger partial charge in [0.05, 0.1) is 12.2 Å². The van der Waals surface area contributed by atoms with Crippen molar-refractivity contribution in [2.24, 2.45) is 5.73 Å². The normalized spacial score (nSPS) is 11.6. The molecule has 0 radical (unpaired) electrons. The van der Waals surface area contributed by atoms with Crippen LogP contribution >= 0.6 is 22.9 Å². The van der Waals surface area contributed by atoms with Gasteiger partial charge in [0.1, 0.15) is 21.2 Å². The molecule has 3 aromatic rings. The van der Waals surface area contributed by atoms with Gasteiger partial charge >= 0.3 is 0 Å². The molecular formula is C16H14ClN7O2S. The van der Waals surface area contributed by atoms with Crippen molar-refractivity contribution in [1.82, 2.24) is 25.3 Å². The Bertz CT molecular complexity index is 980. The molecule has 3 rings (SSSR count). The van der Waals surface area contributed by atoms with Crippen molar-refractivity contribution < 1.29 is 9.59 Å². The second-order valence-electron chi connectivity index (χ2n) is 5.37. The molecule has 4 N–H and O–H groups in total. The number of anilines is 2. The SMILES string of the molecule is CC(NC(=O)c1ncnc(Nc2ccncc2)c1Cl)c1ncc(C(N)=O)s1. The summed E-state index contributed by atoms with van der Waals surface area (Å²) in [4.78, 5) is 40.1. The number of carbonyl (C=O) groups is 2. The number of thiazole rings is 1. The highest BCUT2D eigenvalue weighted by Gasteiger charge is 2.20. The minimum absolute atomic E-state index is 0.0155. The minimum Gasteiger partial charge on any atom is -0.365 e. The summed E-state index contributed by atoms with van der Waals surface area (Å²) in [5.74, 6) is -0.771. The number of nitrogens with two attached hydrogens (primary N) is 1. The van der Waals surface area contributed by atoms with Gasteiger partial charge in [0.2, 0.25) is 0 Å². The summed E-state index contributed by atoms with van der Waals surface area (Å²) >= 11 is 7.40. The summed E-state index contributed by atoms with van der Waals surface area (Å²) < 4.78 is 0. The molecule has 3 heterocycles. The molecule has 0 bridgehead atoms. The number of primary amides is 1. The first kappa shape index (κ1) is 18.7. The standard InChI is InChI=1S/C16H14ClN7O2S/c1-8(16-20-6-10(27-16)13(18)25)23-15(26)12-11(17)14(22-7-21-12)24-9-2-4-19-5-3-9/h2-8H,1H3,(H2,18,25)(H,23,26)(H,19,21,22,24). The van der Waals surface area contributed by atoms with E-state index in [0.29, 0.717) is 21.4 Å². The van der Waals surface area contributed by atoms with E-state index in [1.807, 2.05) is 0 Å². The Balaban J connectivity index is 1.76. The fourth-order valence-corrected chi connectivity index (χ4v) is 3.12. The predicted molar refractivity (Wildman–Crippen MR) is 101 cm³/mol. The predicted octanol–water partition coefficient (Wildman–Crippen LogP) is 2.32. The molecule has 27 heavy (non-hydrogen) atoms. The topological polar surface area (TPSA) is 136 Å². The maximum atomic E-state index is 12.6. The number of amides is 2. The fraction of sp³-hybridized carbons (Fsp3) is 0.125. The van der Waals surface area contributed by atoms with E-state index in [0.717, 1.165) is 11.3 Å². The number of hydrogen-bond acceptors (Lipinski definition) is 8. The number of nitrogens with one attached hydrogen (secondary N) is 2. The van der Waals surface area contributed by atoms with Crippen molar-refractivity contribution in [3.8, 4) is 0 Å². The molecule has 0 saturated carbocycles.